The van der Waals surface area contributed by atoms with Crippen molar-refractivity contribution in [1.29, 1.82) is 0 Å². The number of piperidine rings is 1. The van der Waals surface area contributed by atoms with E-state index in [0.717, 1.165) is 35.4 Å². The van der Waals surface area contributed by atoms with Crippen LogP contribution in [0.4, 0.5) is 0 Å². The largest absolute Gasteiger partial charge is 0.431 e. The Hall–Kier alpha value is -2.44. The minimum atomic E-state index is 0.0896. The lowest BCUT2D eigenvalue weighted by molar-refractivity contribution is -0.120. The zero-order chi connectivity index (χ0) is 20.7. The van der Waals surface area contributed by atoms with Crippen molar-refractivity contribution >= 4 is 27.5 Å². The van der Waals surface area contributed by atoms with Crippen LogP contribution in [0, 0.1) is 6.92 Å². The van der Waals surface area contributed by atoms with Gasteiger partial charge in [-0.3, -0.25) is 9.69 Å². The van der Waals surface area contributed by atoms with E-state index in [2.05, 4.69) is 52.5 Å². The Morgan fingerprint density at radius 1 is 1.17 bits per heavy atom. The van der Waals surface area contributed by atoms with E-state index in [-0.39, 0.29) is 5.91 Å². The maximum absolute atomic E-state index is 11.4. The van der Waals surface area contributed by atoms with E-state index >= 15 is 0 Å². The molecule has 2 bridgehead atoms. The molecule has 156 valence electrons. The van der Waals surface area contributed by atoms with E-state index in [4.69, 9.17) is 4.74 Å². The SMILES string of the molecule is CC(=O)NC1C[C@H]2CC[C@@H](C1)N2Cc1ccc(Oc2nc3c(C)cccc3s2)cc1. The Kier molecular flexibility index (Phi) is 5.21. The van der Waals surface area contributed by atoms with Crippen molar-refractivity contribution in [3.63, 3.8) is 0 Å². The van der Waals surface area contributed by atoms with E-state index < -0.39 is 0 Å². The van der Waals surface area contributed by atoms with Crippen LogP contribution in [0.1, 0.15) is 43.7 Å². The number of para-hydroxylation sites is 1. The average Bonchev–Trinajstić information content (AvgIpc) is 3.21. The first-order valence-electron chi connectivity index (χ1n) is 10.7. The molecule has 0 radical (unpaired) electrons. The van der Waals surface area contributed by atoms with Gasteiger partial charge in [0.25, 0.3) is 5.19 Å². The van der Waals surface area contributed by atoms with Crippen LogP contribution in [-0.2, 0) is 11.3 Å². The molecule has 2 saturated heterocycles. The summed E-state index contributed by atoms with van der Waals surface area (Å²) in [4.78, 5) is 18.7. The molecule has 3 aromatic rings. The van der Waals surface area contributed by atoms with Gasteiger partial charge < -0.3 is 10.1 Å². The molecule has 2 fully saturated rings. The van der Waals surface area contributed by atoms with E-state index in [1.54, 1.807) is 18.3 Å². The van der Waals surface area contributed by atoms with Crippen LogP contribution in [0.2, 0.25) is 0 Å². The molecule has 3 heterocycles. The molecule has 1 N–H and O–H groups in total. The van der Waals surface area contributed by atoms with Gasteiger partial charge in [-0.15, -0.1) is 0 Å². The molecule has 0 aliphatic carbocycles. The number of aromatic nitrogens is 1. The molecule has 3 atom stereocenters. The molecule has 5 rings (SSSR count). The molecule has 30 heavy (non-hydrogen) atoms. The second-order valence-electron chi connectivity index (χ2n) is 8.57. The first-order valence-corrected chi connectivity index (χ1v) is 11.5. The van der Waals surface area contributed by atoms with Crippen LogP contribution in [0.15, 0.2) is 42.5 Å². The number of nitrogens with zero attached hydrogens (tertiary/aromatic N) is 2. The van der Waals surface area contributed by atoms with Crippen molar-refractivity contribution in [3.05, 3.63) is 53.6 Å². The number of benzene rings is 2. The fraction of sp³-hybridized carbons (Fsp3) is 0.417. The summed E-state index contributed by atoms with van der Waals surface area (Å²) in [5, 5.41) is 3.81. The van der Waals surface area contributed by atoms with Gasteiger partial charge >= 0.3 is 0 Å². The lowest BCUT2D eigenvalue weighted by atomic mass is 9.96. The highest BCUT2D eigenvalue weighted by molar-refractivity contribution is 7.20. The molecule has 0 spiro atoms. The summed E-state index contributed by atoms with van der Waals surface area (Å²) < 4.78 is 7.18. The Labute approximate surface area is 181 Å². The minimum absolute atomic E-state index is 0.0896. The summed E-state index contributed by atoms with van der Waals surface area (Å²) >= 11 is 1.58. The molecule has 2 aromatic carbocycles. The molecule has 2 aliphatic heterocycles. The number of nitrogens with one attached hydrogen (secondary N) is 1. The molecular weight excluding hydrogens is 394 g/mol. The lowest BCUT2D eigenvalue weighted by Crippen LogP contribution is -2.49. The Morgan fingerprint density at radius 3 is 2.57 bits per heavy atom. The fourth-order valence-corrected chi connectivity index (χ4v) is 5.93. The van der Waals surface area contributed by atoms with Gasteiger partial charge in [0.1, 0.15) is 5.75 Å². The van der Waals surface area contributed by atoms with Crippen LogP contribution in [0.3, 0.4) is 0 Å². The highest BCUT2D eigenvalue weighted by atomic mass is 32.1. The molecule has 1 aromatic heterocycles. The summed E-state index contributed by atoms with van der Waals surface area (Å²) in [5.74, 6) is 0.912. The summed E-state index contributed by atoms with van der Waals surface area (Å²) in [7, 11) is 0. The van der Waals surface area contributed by atoms with E-state index in [9.17, 15) is 4.79 Å². The first kappa shape index (κ1) is 19.5. The number of carbonyl (C=O) groups is 1. The van der Waals surface area contributed by atoms with Gasteiger partial charge in [0.05, 0.1) is 10.2 Å². The first-order chi connectivity index (χ1) is 14.5. The van der Waals surface area contributed by atoms with Crippen molar-refractivity contribution < 1.29 is 9.53 Å². The van der Waals surface area contributed by atoms with Gasteiger partial charge in [0.15, 0.2) is 0 Å². The molecule has 6 heteroatoms. The van der Waals surface area contributed by atoms with Crippen molar-refractivity contribution in [2.75, 3.05) is 0 Å². The maximum Gasteiger partial charge on any atom is 0.279 e. The molecular formula is C24H27N3O2S. The number of thiazole rings is 1. The summed E-state index contributed by atoms with van der Waals surface area (Å²) in [6, 6.07) is 16.1. The topological polar surface area (TPSA) is 54.5 Å². The molecule has 0 saturated carbocycles. The number of aryl methyl sites for hydroxylation is 1. The zero-order valence-corrected chi connectivity index (χ0v) is 18.2. The molecule has 2 aliphatic rings. The van der Waals surface area contributed by atoms with Gasteiger partial charge in [0.2, 0.25) is 5.91 Å². The monoisotopic (exact) mass is 421 g/mol. The summed E-state index contributed by atoms with van der Waals surface area (Å²) in [6.07, 6.45) is 4.60. The Morgan fingerprint density at radius 2 is 1.90 bits per heavy atom. The predicted octanol–water partition coefficient (Wildman–Crippen LogP) is 5.03. The summed E-state index contributed by atoms with van der Waals surface area (Å²) in [5.41, 5.74) is 3.50. The van der Waals surface area contributed by atoms with Gasteiger partial charge in [-0.1, -0.05) is 35.6 Å². The smallest absolute Gasteiger partial charge is 0.279 e. The Balaban J connectivity index is 1.23. The van der Waals surface area contributed by atoms with E-state index in [0.29, 0.717) is 23.3 Å². The van der Waals surface area contributed by atoms with Gasteiger partial charge in [-0.05, 0) is 61.9 Å². The maximum atomic E-state index is 11.4. The number of amides is 1. The number of hydrogen-bond donors (Lipinski definition) is 1. The number of hydrogen-bond acceptors (Lipinski definition) is 5. The number of fused-ring (bicyclic) bond motifs is 3. The Bertz CT molecular complexity index is 1050. The summed E-state index contributed by atoms with van der Waals surface area (Å²) in [6.45, 7) is 4.66. The number of ether oxygens (including phenoxy) is 1. The third-order valence-electron chi connectivity index (χ3n) is 6.39. The van der Waals surface area contributed by atoms with Crippen LogP contribution in [0.25, 0.3) is 10.2 Å². The quantitative estimate of drug-likeness (QED) is 0.628. The predicted molar refractivity (Wildman–Crippen MR) is 120 cm³/mol. The van der Waals surface area contributed by atoms with Crippen molar-refractivity contribution in [1.82, 2.24) is 15.2 Å². The van der Waals surface area contributed by atoms with Gasteiger partial charge in [-0.25, -0.2) is 4.98 Å². The van der Waals surface area contributed by atoms with Gasteiger partial charge in [0, 0.05) is 31.6 Å². The third-order valence-corrected chi connectivity index (χ3v) is 7.29. The van der Waals surface area contributed by atoms with Crippen LogP contribution in [0.5, 0.6) is 10.9 Å². The van der Waals surface area contributed by atoms with Crippen LogP contribution < -0.4 is 10.1 Å². The minimum Gasteiger partial charge on any atom is -0.431 e. The van der Waals surface area contributed by atoms with Gasteiger partial charge in [-0.2, -0.15) is 0 Å². The van der Waals surface area contributed by atoms with E-state index in [1.807, 2.05) is 12.1 Å². The fourth-order valence-electron chi connectivity index (χ4n) is 5.02. The van der Waals surface area contributed by atoms with Crippen LogP contribution in [-0.4, -0.2) is 33.9 Å². The highest BCUT2D eigenvalue weighted by Gasteiger charge is 2.40. The molecule has 1 amide bonds. The van der Waals surface area contributed by atoms with Crippen molar-refractivity contribution in [2.24, 2.45) is 0 Å². The molecule has 5 nitrogen and oxygen atoms in total. The van der Waals surface area contributed by atoms with Crippen molar-refractivity contribution in [2.45, 2.75) is 64.2 Å². The zero-order valence-electron chi connectivity index (χ0n) is 17.4. The van der Waals surface area contributed by atoms with Crippen LogP contribution >= 0.6 is 11.3 Å². The second-order valence-corrected chi connectivity index (χ2v) is 9.57. The van der Waals surface area contributed by atoms with Crippen molar-refractivity contribution in [3.8, 4) is 10.9 Å². The average molecular weight is 422 g/mol. The second kappa shape index (κ2) is 8.00. The molecule has 1 unspecified atom stereocenters. The third kappa shape index (κ3) is 3.94. The number of rotatable bonds is 5. The normalized spacial score (nSPS) is 23.6. The number of carbonyl (C=O) groups excluding carboxylic acids is 1. The van der Waals surface area contributed by atoms with E-state index in [1.165, 1.54) is 24.0 Å². The standard InChI is InChI=1S/C24H27N3O2S/c1-15-4-3-5-22-23(15)26-24(30-22)29-21-10-6-17(7-11-21)14-27-19-8-9-20(27)13-18(12-19)25-16(2)28/h3-7,10-11,18-20H,8-9,12-14H2,1-2H3,(H,25,28)/t18?,19-,20+. The highest BCUT2D eigenvalue weighted by Crippen LogP contribution is 2.37. The lowest BCUT2D eigenvalue weighted by Gasteiger charge is -2.39.